The minimum absolute atomic E-state index is 0.258. The lowest BCUT2D eigenvalue weighted by molar-refractivity contribution is -0.324. The smallest absolute Gasteiger partial charge is 0.403 e. The van der Waals surface area contributed by atoms with E-state index in [-0.39, 0.29) is 5.41 Å². The van der Waals surface area contributed by atoms with Gasteiger partial charge in [0.15, 0.2) is 8.32 Å². The summed E-state index contributed by atoms with van der Waals surface area (Å²) in [6, 6.07) is 0. The fraction of sp³-hybridized carbons (Fsp3) is 0.778. The molecule has 0 radical (unpaired) electrons. The Labute approximate surface area is 148 Å². The summed E-state index contributed by atoms with van der Waals surface area (Å²) in [6.45, 7) is 11.5. The normalized spacial score (nSPS) is 22.4. The average Bonchev–Trinajstić information content (AvgIpc) is 2.33. The molecule has 1 aliphatic rings. The first-order valence-electron chi connectivity index (χ1n) is 8.47. The minimum atomic E-state index is -5.68. The number of rotatable bonds is 5. The molecule has 1 aliphatic carbocycles. The van der Waals surface area contributed by atoms with Crippen molar-refractivity contribution in [1.29, 1.82) is 0 Å². The second-order valence-corrected chi connectivity index (χ2v) is 13.1. The maximum Gasteiger partial charge on any atom is 0.456 e. The van der Waals surface area contributed by atoms with Crippen molar-refractivity contribution in [3.05, 3.63) is 23.3 Å². The summed E-state index contributed by atoms with van der Waals surface area (Å²) in [5.41, 5.74) is -1.15. The van der Waals surface area contributed by atoms with Crippen molar-refractivity contribution < 1.29 is 26.4 Å². The Hall–Kier alpha value is -0.693. The molecule has 0 spiro atoms. The summed E-state index contributed by atoms with van der Waals surface area (Å²) in [5.74, 6) is -4.98. The third-order valence-electron chi connectivity index (χ3n) is 4.61. The molecule has 146 valence electrons. The van der Waals surface area contributed by atoms with Gasteiger partial charge in [-0.15, -0.1) is 0 Å². The van der Waals surface area contributed by atoms with Crippen LogP contribution in [-0.2, 0) is 4.43 Å². The Morgan fingerprint density at radius 1 is 1.08 bits per heavy atom. The van der Waals surface area contributed by atoms with Crippen LogP contribution in [-0.4, -0.2) is 26.0 Å². The number of halogens is 5. The van der Waals surface area contributed by atoms with Gasteiger partial charge in [-0.25, -0.2) is 0 Å². The first-order valence-corrected chi connectivity index (χ1v) is 11.9. The Morgan fingerprint density at radius 2 is 1.60 bits per heavy atom. The van der Waals surface area contributed by atoms with Crippen molar-refractivity contribution >= 4 is 8.32 Å². The molecule has 0 fully saturated rings. The second kappa shape index (κ2) is 6.80. The molecule has 0 aliphatic heterocycles. The molecule has 0 bridgehead atoms. The van der Waals surface area contributed by atoms with Gasteiger partial charge in [-0.05, 0) is 69.8 Å². The zero-order chi connectivity index (χ0) is 19.9. The van der Waals surface area contributed by atoms with Crippen LogP contribution in [0.3, 0.4) is 0 Å². The fourth-order valence-electron chi connectivity index (χ4n) is 3.37. The van der Waals surface area contributed by atoms with Crippen LogP contribution < -0.4 is 0 Å². The topological polar surface area (TPSA) is 9.23 Å². The first-order chi connectivity index (χ1) is 10.9. The molecule has 1 atom stereocenters. The predicted molar refractivity (Wildman–Crippen MR) is 93.3 cm³/mol. The summed E-state index contributed by atoms with van der Waals surface area (Å²) in [6.07, 6.45) is -0.663. The van der Waals surface area contributed by atoms with E-state index in [1.165, 1.54) is 6.08 Å². The van der Waals surface area contributed by atoms with Crippen molar-refractivity contribution in [2.75, 3.05) is 0 Å². The van der Waals surface area contributed by atoms with Gasteiger partial charge in [-0.3, -0.25) is 0 Å². The maximum atomic E-state index is 14.3. The Bertz CT molecular complexity index is 555. The van der Waals surface area contributed by atoms with E-state index in [0.717, 1.165) is 43.4 Å². The van der Waals surface area contributed by atoms with Crippen molar-refractivity contribution in [1.82, 2.24) is 0 Å². The molecule has 0 aromatic carbocycles. The summed E-state index contributed by atoms with van der Waals surface area (Å²) >= 11 is 0. The van der Waals surface area contributed by atoms with Crippen LogP contribution in [0.25, 0.3) is 0 Å². The van der Waals surface area contributed by atoms with E-state index in [9.17, 15) is 22.0 Å². The van der Waals surface area contributed by atoms with Crippen LogP contribution in [0.4, 0.5) is 22.0 Å². The van der Waals surface area contributed by atoms with E-state index in [0.29, 0.717) is 0 Å². The SMILES string of the molecule is CC1=C(/C=C/C(C)(O[Si](C)(C)C)C(F)(F)C(F)(F)F)C(C)(C)CCC1. The standard InChI is InChI=1S/C18H29F5OSi/c1-13-9-8-11-15(2,3)14(13)10-12-16(4,24-25(5,6)7)17(19,20)18(21,22)23/h10,12H,8-9,11H2,1-7H3/b12-10+. The van der Waals surface area contributed by atoms with Crippen LogP contribution in [0.1, 0.15) is 47.0 Å². The molecule has 0 N–H and O–H groups in total. The molecule has 1 unspecified atom stereocenters. The quantitative estimate of drug-likeness (QED) is 0.371. The van der Waals surface area contributed by atoms with E-state index in [1.54, 1.807) is 19.6 Å². The number of hydrogen-bond donors (Lipinski definition) is 0. The van der Waals surface area contributed by atoms with Gasteiger partial charge in [0, 0.05) is 0 Å². The van der Waals surface area contributed by atoms with Gasteiger partial charge < -0.3 is 4.43 Å². The number of hydrogen-bond acceptors (Lipinski definition) is 1. The van der Waals surface area contributed by atoms with Gasteiger partial charge >= 0.3 is 12.1 Å². The van der Waals surface area contributed by atoms with Gasteiger partial charge in [0.2, 0.25) is 0 Å². The zero-order valence-electron chi connectivity index (χ0n) is 16.1. The molecule has 0 heterocycles. The molecular weight excluding hydrogens is 355 g/mol. The molecular formula is C18H29F5OSi. The van der Waals surface area contributed by atoms with Gasteiger partial charge in [0.1, 0.15) is 5.60 Å². The second-order valence-electron chi connectivity index (χ2n) is 8.66. The Morgan fingerprint density at radius 3 is 2.00 bits per heavy atom. The zero-order valence-corrected chi connectivity index (χ0v) is 17.1. The molecule has 0 aromatic heterocycles. The molecule has 0 saturated carbocycles. The summed E-state index contributed by atoms with van der Waals surface area (Å²) in [7, 11) is -2.67. The highest BCUT2D eigenvalue weighted by atomic mass is 28.4. The molecule has 1 nitrogen and oxygen atoms in total. The molecule has 0 saturated heterocycles. The van der Waals surface area contributed by atoms with Crippen molar-refractivity contribution in [3.8, 4) is 0 Å². The van der Waals surface area contributed by atoms with Crippen LogP contribution in [0.15, 0.2) is 23.3 Å². The van der Waals surface area contributed by atoms with Crippen molar-refractivity contribution in [3.63, 3.8) is 0 Å². The molecule has 0 aromatic rings. The van der Waals surface area contributed by atoms with Crippen LogP contribution in [0, 0.1) is 5.41 Å². The molecule has 7 heteroatoms. The monoisotopic (exact) mass is 384 g/mol. The van der Waals surface area contributed by atoms with Crippen LogP contribution >= 0.6 is 0 Å². The third kappa shape index (κ3) is 4.93. The maximum absolute atomic E-state index is 14.3. The highest BCUT2D eigenvalue weighted by molar-refractivity contribution is 6.69. The van der Waals surface area contributed by atoms with Crippen molar-refractivity contribution in [2.45, 2.75) is 84.3 Å². The summed E-state index contributed by atoms with van der Waals surface area (Å²) in [4.78, 5) is 0. The van der Waals surface area contributed by atoms with Crippen LogP contribution in [0.2, 0.25) is 19.6 Å². The van der Waals surface area contributed by atoms with Gasteiger partial charge in [0.05, 0.1) is 0 Å². The lowest BCUT2D eigenvalue weighted by atomic mass is 9.72. The van der Waals surface area contributed by atoms with E-state index in [2.05, 4.69) is 0 Å². The highest BCUT2D eigenvalue weighted by Gasteiger charge is 2.68. The third-order valence-corrected chi connectivity index (χ3v) is 5.64. The summed E-state index contributed by atoms with van der Waals surface area (Å²) in [5, 5.41) is 0. The lowest BCUT2D eigenvalue weighted by Gasteiger charge is -2.41. The number of alkyl halides is 5. The van der Waals surface area contributed by atoms with Crippen LogP contribution in [0.5, 0.6) is 0 Å². The van der Waals surface area contributed by atoms with E-state index in [1.807, 2.05) is 20.8 Å². The molecule has 0 amide bonds. The first kappa shape index (κ1) is 22.3. The molecule has 1 rings (SSSR count). The number of allylic oxidation sites excluding steroid dienone is 3. The largest absolute Gasteiger partial charge is 0.456 e. The van der Waals surface area contributed by atoms with E-state index < -0.39 is 26.0 Å². The van der Waals surface area contributed by atoms with Gasteiger partial charge in [-0.2, -0.15) is 22.0 Å². The predicted octanol–water partition coefficient (Wildman–Crippen LogP) is 6.88. The minimum Gasteiger partial charge on any atom is -0.403 e. The summed E-state index contributed by atoms with van der Waals surface area (Å²) < 4.78 is 73.0. The molecule has 25 heavy (non-hydrogen) atoms. The highest BCUT2D eigenvalue weighted by Crippen LogP contribution is 2.48. The van der Waals surface area contributed by atoms with Crippen molar-refractivity contribution in [2.24, 2.45) is 5.41 Å². The van der Waals surface area contributed by atoms with Gasteiger partial charge in [-0.1, -0.05) is 25.5 Å². The lowest BCUT2D eigenvalue weighted by Crippen LogP contribution is -2.59. The average molecular weight is 385 g/mol. The Balaban J connectivity index is 3.40. The van der Waals surface area contributed by atoms with Gasteiger partial charge in [0.25, 0.3) is 0 Å². The Kier molecular flexibility index (Phi) is 6.08. The van der Waals surface area contributed by atoms with E-state index in [4.69, 9.17) is 4.43 Å². The van der Waals surface area contributed by atoms with E-state index >= 15 is 0 Å². The fourth-order valence-corrected chi connectivity index (χ4v) is 4.84.